The van der Waals surface area contributed by atoms with E-state index in [9.17, 15) is 0 Å². The van der Waals surface area contributed by atoms with Crippen LogP contribution >= 0.6 is 0 Å². The zero-order chi connectivity index (χ0) is 8.85. The molecule has 0 aliphatic heterocycles. The smallest absolute Gasteiger partial charge is 0.101 e. The van der Waals surface area contributed by atoms with Crippen molar-refractivity contribution in [2.24, 2.45) is 5.73 Å². The fraction of sp³-hybridized carbons (Fsp3) is 0.444. The lowest BCUT2D eigenvalue weighted by Gasteiger charge is -2.02. The van der Waals surface area contributed by atoms with Crippen LogP contribution in [0, 0.1) is 11.3 Å². The van der Waals surface area contributed by atoms with Crippen LogP contribution in [0.3, 0.4) is 0 Å². The van der Waals surface area contributed by atoms with Gasteiger partial charge in [-0.2, -0.15) is 5.26 Å². The SMILES string of the molecule is C/C=C(CC)/C(C#N)=C(/C)N. The normalized spacial score (nSPS) is 13.8. The lowest BCUT2D eigenvalue weighted by molar-refractivity contribution is 1.09. The van der Waals surface area contributed by atoms with Gasteiger partial charge in [-0.25, -0.2) is 0 Å². The van der Waals surface area contributed by atoms with Crippen LogP contribution in [0.15, 0.2) is 22.9 Å². The van der Waals surface area contributed by atoms with Gasteiger partial charge in [0.05, 0.1) is 5.57 Å². The minimum atomic E-state index is 0.599. The summed E-state index contributed by atoms with van der Waals surface area (Å²) in [6, 6.07) is 2.09. The van der Waals surface area contributed by atoms with Gasteiger partial charge in [-0.15, -0.1) is 0 Å². The van der Waals surface area contributed by atoms with Crippen molar-refractivity contribution in [3.63, 3.8) is 0 Å². The molecular weight excluding hydrogens is 136 g/mol. The first-order chi connectivity index (χ1) is 5.17. The molecule has 0 aromatic carbocycles. The molecule has 60 valence electrons. The van der Waals surface area contributed by atoms with Gasteiger partial charge in [0.15, 0.2) is 0 Å². The predicted octanol–water partition coefficient (Wildman–Crippen LogP) is 2.10. The number of rotatable bonds is 2. The maximum Gasteiger partial charge on any atom is 0.101 e. The van der Waals surface area contributed by atoms with E-state index < -0.39 is 0 Å². The van der Waals surface area contributed by atoms with Crippen LogP contribution in [0.5, 0.6) is 0 Å². The number of nitriles is 1. The number of nitrogens with zero attached hydrogens (tertiary/aromatic N) is 1. The Morgan fingerprint density at radius 2 is 2.18 bits per heavy atom. The van der Waals surface area contributed by atoms with Crippen molar-refractivity contribution in [1.29, 1.82) is 5.26 Å². The van der Waals surface area contributed by atoms with E-state index in [2.05, 4.69) is 6.07 Å². The molecule has 0 aliphatic rings. The highest BCUT2D eigenvalue weighted by Crippen LogP contribution is 2.14. The number of allylic oxidation sites excluding steroid dienone is 4. The quantitative estimate of drug-likeness (QED) is 0.484. The molecule has 0 saturated heterocycles. The highest BCUT2D eigenvalue weighted by Gasteiger charge is 2.02. The summed E-state index contributed by atoms with van der Waals surface area (Å²) < 4.78 is 0. The van der Waals surface area contributed by atoms with E-state index in [0.717, 1.165) is 12.0 Å². The van der Waals surface area contributed by atoms with Crippen LogP contribution in [0.2, 0.25) is 0 Å². The van der Waals surface area contributed by atoms with E-state index in [1.165, 1.54) is 0 Å². The van der Waals surface area contributed by atoms with Crippen molar-refractivity contribution in [1.82, 2.24) is 0 Å². The molecule has 0 bridgehead atoms. The van der Waals surface area contributed by atoms with Gasteiger partial charge in [-0.1, -0.05) is 13.0 Å². The van der Waals surface area contributed by atoms with Gasteiger partial charge >= 0.3 is 0 Å². The molecular formula is C9H14N2. The van der Waals surface area contributed by atoms with Gasteiger partial charge in [0, 0.05) is 5.70 Å². The van der Waals surface area contributed by atoms with Gasteiger partial charge < -0.3 is 5.73 Å². The first kappa shape index (κ1) is 9.77. The molecule has 0 atom stereocenters. The van der Waals surface area contributed by atoms with E-state index in [1.807, 2.05) is 19.9 Å². The summed E-state index contributed by atoms with van der Waals surface area (Å²) in [6.07, 6.45) is 2.78. The van der Waals surface area contributed by atoms with Gasteiger partial charge in [0.25, 0.3) is 0 Å². The van der Waals surface area contributed by atoms with E-state index in [0.29, 0.717) is 11.3 Å². The zero-order valence-corrected chi connectivity index (χ0v) is 7.31. The van der Waals surface area contributed by atoms with Crippen LogP contribution in [0.4, 0.5) is 0 Å². The van der Waals surface area contributed by atoms with E-state index in [-0.39, 0.29) is 0 Å². The Bertz CT molecular complexity index is 224. The van der Waals surface area contributed by atoms with Crippen molar-refractivity contribution < 1.29 is 0 Å². The Labute approximate surface area is 68.0 Å². The minimum absolute atomic E-state index is 0.599. The molecule has 0 aromatic heterocycles. The molecule has 0 unspecified atom stereocenters. The van der Waals surface area contributed by atoms with E-state index >= 15 is 0 Å². The molecule has 0 radical (unpaired) electrons. The second kappa shape index (κ2) is 4.56. The minimum Gasteiger partial charge on any atom is -0.401 e. The number of nitrogens with two attached hydrogens (primary N) is 1. The lowest BCUT2D eigenvalue weighted by atomic mass is 10.0. The van der Waals surface area contributed by atoms with E-state index in [4.69, 9.17) is 11.0 Å². The Hall–Kier alpha value is -1.23. The van der Waals surface area contributed by atoms with Gasteiger partial charge in [0.2, 0.25) is 0 Å². The molecule has 2 N–H and O–H groups in total. The third kappa shape index (κ3) is 2.46. The van der Waals surface area contributed by atoms with Crippen molar-refractivity contribution in [2.45, 2.75) is 27.2 Å². The standard InChI is InChI=1S/C9H14N2/c1-4-8(5-2)9(6-10)7(3)11/h4H,5,11H2,1-3H3/b8-4+,9-7-. The number of hydrogen-bond acceptors (Lipinski definition) is 2. The monoisotopic (exact) mass is 150 g/mol. The molecule has 0 rings (SSSR count). The second-order valence-electron chi connectivity index (χ2n) is 2.34. The third-order valence-electron chi connectivity index (χ3n) is 1.56. The lowest BCUT2D eigenvalue weighted by Crippen LogP contribution is -1.98. The summed E-state index contributed by atoms with van der Waals surface area (Å²) in [5, 5.41) is 8.70. The first-order valence-corrected chi connectivity index (χ1v) is 3.69. The molecule has 2 nitrogen and oxygen atoms in total. The summed E-state index contributed by atoms with van der Waals surface area (Å²) in [4.78, 5) is 0. The summed E-state index contributed by atoms with van der Waals surface area (Å²) >= 11 is 0. The summed E-state index contributed by atoms with van der Waals surface area (Å²) in [5.41, 5.74) is 7.76. The molecule has 0 fully saturated rings. The van der Waals surface area contributed by atoms with Crippen LogP contribution < -0.4 is 5.73 Å². The molecule has 11 heavy (non-hydrogen) atoms. The molecule has 0 heterocycles. The van der Waals surface area contributed by atoms with Gasteiger partial charge in [-0.05, 0) is 25.8 Å². The summed E-state index contributed by atoms with van der Waals surface area (Å²) in [5.74, 6) is 0. The Morgan fingerprint density at radius 3 is 2.27 bits per heavy atom. The predicted molar refractivity (Wildman–Crippen MR) is 46.5 cm³/mol. The third-order valence-corrected chi connectivity index (χ3v) is 1.56. The highest BCUT2D eigenvalue weighted by molar-refractivity contribution is 5.43. The second-order valence-corrected chi connectivity index (χ2v) is 2.34. The van der Waals surface area contributed by atoms with Crippen LogP contribution in [-0.4, -0.2) is 0 Å². The average Bonchev–Trinajstić information content (AvgIpc) is 1.99. The topological polar surface area (TPSA) is 49.8 Å². The fourth-order valence-corrected chi connectivity index (χ4v) is 0.938. The molecule has 2 heteroatoms. The fourth-order valence-electron chi connectivity index (χ4n) is 0.938. The zero-order valence-electron chi connectivity index (χ0n) is 7.31. The highest BCUT2D eigenvalue weighted by atomic mass is 14.6. The maximum atomic E-state index is 8.70. The Morgan fingerprint density at radius 1 is 1.64 bits per heavy atom. The first-order valence-electron chi connectivity index (χ1n) is 3.69. The van der Waals surface area contributed by atoms with Crippen molar-refractivity contribution in [3.05, 3.63) is 22.9 Å². The van der Waals surface area contributed by atoms with E-state index in [1.54, 1.807) is 6.92 Å². The molecule has 0 spiro atoms. The van der Waals surface area contributed by atoms with Crippen LogP contribution in [0.25, 0.3) is 0 Å². The van der Waals surface area contributed by atoms with Crippen LogP contribution in [-0.2, 0) is 0 Å². The van der Waals surface area contributed by atoms with Crippen LogP contribution in [0.1, 0.15) is 27.2 Å². The Balaban J connectivity index is 4.84. The maximum absolute atomic E-state index is 8.70. The largest absolute Gasteiger partial charge is 0.401 e. The molecule has 0 saturated carbocycles. The van der Waals surface area contributed by atoms with Gasteiger partial charge in [-0.3, -0.25) is 0 Å². The summed E-state index contributed by atoms with van der Waals surface area (Å²) in [6.45, 7) is 5.67. The van der Waals surface area contributed by atoms with Crippen molar-refractivity contribution >= 4 is 0 Å². The van der Waals surface area contributed by atoms with Crippen molar-refractivity contribution in [2.75, 3.05) is 0 Å². The van der Waals surface area contributed by atoms with Gasteiger partial charge in [0.1, 0.15) is 6.07 Å². The molecule has 0 aromatic rings. The average molecular weight is 150 g/mol. The molecule has 0 amide bonds. The van der Waals surface area contributed by atoms with Crippen molar-refractivity contribution in [3.8, 4) is 6.07 Å². The molecule has 0 aliphatic carbocycles. The Kier molecular flexibility index (Phi) is 4.05. The summed E-state index contributed by atoms with van der Waals surface area (Å²) in [7, 11) is 0. The number of hydrogen-bond donors (Lipinski definition) is 1.